The Morgan fingerprint density at radius 1 is 1.35 bits per heavy atom. The van der Waals surface area contributed by atoms with Gasteiger partial charge in [0.25, 0.3) is 5.91 Å². The second-order valence-corrected chi connectivity index (χ2v) is 4.93. The summed E-state index contributed by atoms with van der Waals surface area (Å²) in [5.41, 5.74) is 0.623. The van der Waals surface area contributed by atoms with E-state index in [4.69, 9.17) is 4.74 Å². The van der Waals surface area contributed by atoms with Crippen molar-refractivity contribution in [1.29, 1.82) is 0 Å². The van der Waals surface area contributed by atoms with E-state index in [1.54, 1.807) is 18.2 Å². The van der Waals surface area contributed by atoms with Crippen LogP contribution in [0.2, 0.25) is 0 Å². The number of morpholine rings is 1. The molecule has 0 spiro atoms. The first kappa shape index (κ1) is 15.4. The largest absolute Gasteiger partial charge is 0.416 e. The van der Waals surface area contributed by atoms with E-state index in [0.29, 0.717) is 5.56 Å². The van der Waals surface area contributed by atoms with E-state index >= 15 is 0 Å². The number of ether oxygens (including phenoxy) is 1. The van der Waals surface area contributed by atoms with Crippen LogP contribution >= 0.6 is 0 Å². The third-order valence-corrected chi connectivity index (χ3v) is 3.46. The number of halogens is 3. The second kappa shape index (κ2) is 5.95. The molecule has 7 nitrogen and oxygen atoms in total. The first-order valence-corrected chi connectivity index (χ1v) is 6.77. The van der Waals surface area contributed by atoms with Gasteiger partial charge in [-0.2, -0.15) is 18.4 Å². The van der Waals surface area contributed by atoms with Crippen LogP contribution in [0.4, 0.5) is 13.2 Å². The summed E-state index contributed by atoms with van der Waals surface area (Å²) in [5, 5.41) is 13.3. The van der Waals surface area contributed by atoms with Crippen molar-refractivity contribution in [3.63, 3.8) is 0 Å². The van der Waals surface area contributed by atoms with Gasteiger partial charge in [0.15, 0.2) is 6.10 Å². The van der Waals surface area contributed by atoms with Gasteiger partial charge in [-0.1, -0.05) is 18.2 Å². The first-order valence-electron chi connectivity index (χ1n) is 6.77. The quantitative estimate of drug-likeness (QED) is 0.898. The van der Waals surface area contributed by atoms with E-state index in [9.17, 15) is 18.0 Å². The Hall–Kier alpha value is -2.49. The number of tetrazole rings is 1. The van der Waals surface area contributed by atoms with Crippen molar-refractivity contribution < 1.29 is 22.7 Å². The molecule has 1 saturated heterocycles. The van der Waals surface area contributed by atoms with Crippen molar-refractivity contribution in [3.8, 4) is 11.4 Å². The average molecular weight is 327 g/mol. The van der Waals surface area contributed by atoms with Gasteiger partial charge in [-0.25, -0.2) is 0 Å². The maximum Gasteiger partial charge on any atom is 0.416 e. The number of hydrogen-bond donors (Lipinski definition) is 1. The van der Waals surface area contributed by atoms with Crippen molar-refractivity contribution in [3.05, 3.63) is 29.8 Å². The number of aromatic amines is 1. The molecule has 1 aliphatic heterocycles. The molecule has 0 bridgehead atoms. The molecule has 1 atom stereocenters. The van der Waals surface area contributed by atoms with Gasteiger partial charge in [-0.05, 0) is 11.3 Å². The number of alkyl halides is 3. The number of nitrogens with one attached hydrogen (secondary N) is 1. The molecule has 122 valence electrons. The maximum absolute atomic E-state index is 12.8. The zero-order valence-corrected chi connectivity index (χ0v) is 11.7. The monoisotopic (exact) mass is 327 g/mol. The third-order valence-electron chi connectivity index (χ3n) is 3.46. The zero-order chi connectivity index (χ0) is 16.4. The minimum Gasteiger partial charge on any atom is -0.365 e. The maximum atomic E-state index is 12.8. The highest BCUT2D eigenvalue weighted by atomic mass is 19.4. The molecule has 1 aromatic heterocycles. The summed E-state index contributed by atoms with van der Waals surface area (Å²) in [6.07, 6.45) is -6.48. The van der Waals surface area contributed by atoms with Gasteiger partial charge in [0.2, 0.25) is 5.82 Å². The average Bonchev–Trinajstić information content (AvgIpc) is 3.08. The molecule has 1 aromatic carbocycles. The lowest BCUT2D eigenvalue weighted by Gasteiger charge is -2.34. The number of H-pyrrole nitrogens is 1. The molecule has 0 aliphatic carbocycles. The smallest absolute Gasteiger partial charge is 0.365 e. The fourth-order valence-electron chi connectivity index (χ4n) is 2.34. The Labute approximate surface area is 128 Å². The van der Waals surface area contributed by atoms with Crippen LogP contribution in [0.15, 0.2) is 24.3 Å². The molecule has 1 N–H and O–H groups in total. The van der Waals surface area contributed by atoms with E-state index in [2.05, 4.69) is 20.6 Å². The van der Waals surface area contributed by atoms with Gasteiger partial charge in [0, 0.05) is 12.1 Å². The van der Waals surface area contributed by atoms with Crippen molar-refractivity contribution in [2.45, 2.75) is 12.3 Å². The summed E-state index contributed by atoms with van der Waals surface area (Å²) in [4.78, 5) is 13.7. The van der Waals surface area contributed by atoms with Crippen LogP contribution in [0.3, 0.4) is 0 Å². The van der Waals surface area contributed by atoms with Crippen LogP contribution in [0.25, 0.3) is 11.4 Å². The topological polar surface area (TPSA) is 84.0 Å². The molecular weight excluding hydrogens is 315 g/mol. The predicted octanol–water partition coefficient (Wildman–Crippen LogP) is 1.27. The number of carbonyl (C=O) groups is 1. The summed E-state index contributed by atoms with van der Waals surface area (Å²) in [7, 11) is 0. The molecule has 10 heteroatoms. The molecule has 1 amide bonds. The zero-order valence-electron chi connectivity index (χ0n) is 11.7. The van der Waals surface area contributed by atoms with Gasteiger partial charge in [0.05, 0.1) is 18.7 Å². The van der Waals surface area contributed by atoms with E-state index < -0.39 is 24.7 Å². The lowest BCUT2D eigenvalue weighted by molar-refractivity contribution is -0.233. The fourth-order valence-corrected chi connectivity index (χ4v) is 2.34. The van der Waals surface area contributed by atoms with Crippen LogP contribution in [0.5, 0.6) is 0 Å². The SMILES string of the molecule is O=C(c1ccccc1-c1nn[nH]n1)N1CCO[C@H](C(F)(F)F)C1. The number of rotatable bonds is 2. The molecule has 1 fully saturated rings. The second-order valence-electron chi connectivity index (χ2n) is 4.93. The van der Waals surface area contributed by atoms with Gasteiger partial charge < -0.3 is 9.64 Å². The van der Waals surface area contributed by atoms with E-state index in [1.807, 2.05) is 0 Å². The molecule has 2 aromatic rings. The predicted molar refractivity (Wildman–Crippen MR) is 71.3 cm³/mol. The van der Waals surface area contributed by atoms with E-state index in [-0.39, 0.29) is 24.5 Å². The Bertz CT molecular complexity index is 689. The van der Waals surface area contributed by atoms with Gasteiger partial charge in [0.1, 0.15) is 0 Å². The molecule has 23 heavy (non-hydrogen) atoms. The van der Waals surface area contributed by atoms with Crippen LogP contribution in [0, 0.1) is 0 Å². The lowest BCUT2D eigenvalue weighted by atomic mass is 10.1. The molecule has 0 unspecified atom stereocenters. The van der Waals surface area contributed by atoms with Crippen molar-refractivity contribution in [2.24, 2.45) is 0 Å². The van der Waals surface area contributed by atoms with Crippen molar-refractivity contribution in [2.75, 3.05) is 19.7 Å². The lowest BCUT2D eigenvalue weighted by Crippen LogP contribution is -2.51. The summed E-state index contributed by atoms with van der Waals surface area (Å²) in [5.74, 6) is -0.322. The number of amides is 1. The Balaban J connectivity index is 1.87. The minimum atomic E-state index is -4.51. The highest BCUT2D eigenvalue weighted by Crippen LogP contribution is 2.27. The molecule has 3 rings (SSSR count). The third kappa shape index (κ3) is 3.16. The Morgan fingerprint density at radius 3 is 2.83 bits per heavy atom. The first-order chi connectivity index (χ1) is 11.0. The summed E-state index contributed by atoms with van der Waals surface area (Å²) in [6.45, 7) is -0.616. The normalized spacial score (nSPS) is 18.9. The van der Waals surface area contributed by atoms with Gasteiger partial charge in [-0.3, -0.25) is 4.79 Å². The van der Waals surface area contributed by atoms with Crippen molar-refractivity contribution in [1.82, 2.24) is 25.5 Å². The Kier molecular flexibility index (Phi) is 3.99. The van der Waals surface area contributed by atoms with Gasteiger partial charge >= 0.3 is 6.18 Å². The minimum absolute atomic E-state index is 0.0893. The van der Waals surface area contributed by atoms with Crippen molar-refractivity contribution >= 4 is 5.91 Å². The van der Waals surface area contributed by atoms with E-state index in [1.165, 1.54) is 6.07 Å². The molecule has 2 heterocycles. The van der Waals surface area contributed by atoms with Crippen LogP contribution in [-0.4, -0.2) is 63.4 Å². The highest BCUT2D eigenvalue weighted by molar-refractivity contribution is 6.00. The summed E-state index contributed by atoms with van der Waals surface area (Å²) >= 11 is 0. The number of aromatic nitrogens is 4. The molecule has 0 saturated carbocycles. The van der Waals surface area contributed by atoms with E-state index in [0.717, 1.165) is 4.90 Å². The number of carbonyl (C=O) groups excluding carboxylic acids is 1. The summed E-state index contributed by atoms with van der Waals surface area (Å²) in [6, 6.07) is 6.44. The number of nitrogens with zero attached hydrogens (tertiary/aromatic N) is 4. The molecular formula is C13H12F3N5O2. The molecule has 1 aliphatic rings. The fraction of sp³-hybridized carbons (Fsp3) is 0.385. The van der Waals surface area contributed by atoms with Crippen LogP contribution in [0.1, 0.15) is 10.4 Å². The highest BCUT2D eigenvalue weighted by Gasteiger charge is 2.44. The van der Waals surface area contributed by atoms with Gasteiger partial charge in [-0.15, -0.1) is 10.2 Å². The standard InChI is InChI=1S/C13H12F3N5O2/c14-13(15,16)10-7-21(5-6-23-10)12(22)9-4-2-1-3-8(9)11-17-19-20-18-11/h1-4,10H,5-7H2,(H,17,18,19,20)/t10-/m0/s1. The summed E-state index contributed by atoms with van der Waals surface area (Å²) < 4.78 is 43.1. The number of benzene rings is 1. The Morgan fingerprint density at radius 2 is 2.13 bits per heavy atom. The van der Waals surface area contributed by atoms with Crippen LogP contribution < -0.4 is 0 Å². The number of hydrogen-bond acceptors (Lipinski definition) is 5. The van der Waals surface area contributed by atoms with Crippen LogP contribution in [-0.2, 0) is 4.74 Å². The molecule has 0 radical (unpaired) electrons.